The summed E-state index contributed by atoms with van der Waals surface area (Å²) in [6, 6.07) is 5.96. The number of phenolic OH excluding ortho intramolecular Hbond substituents is 1. The smallest absolute Gasteiger partial charge is 0.120 e. The molecule has 1 aromatic rings. The lowest BCUT2D eigenvalue weighted by atomic mass is 9.81. The van der Waals surface area contributed by atoms with Gasteiger partial charge in [-0.3, -0.25) is 0 Å². The van der Waals surface area contributed by atoms with Crippen LogP contribution in [0.4, 0.5) is 0 Å². The van der Waals surface area contributed by atoms with Crippen molar-refractivity contribution < 1.29 is 5.11 Å². The molecular formula is C14H23NO. The Morgan fingerprint density at radius 3 is 2.38 bits per heavy atom. The molecule has 0 fully saturated rings. The fraction of sp³-hybridized carbons (Fsp3) is 0.571. The van der Waals surface area contributed by atoms with Gasteiger partial charge in [-0.15, -0.1) is 0 Å². The fourth-order valence-corrected chi connectivity index (χ4v) is 1.68. The molecule has 0 saturated carbocycles. The van der Waals surface area contributed by atoms with E-state index in [9.17, 15) is 5.11 Å². The molecule has 1 aromatic carbocycles. The number of hydrogen-bond donors (Lipinski definition) is 1. The number of rotatable bonds is 4. The monoisotopic (exact) mass is 221 g/mol. The van der Waals surface area contributed by atoms with Crippen LogP contribution in [0.15, 0.2) is 18.2 Å². The van der Waals surface area contributed by atoms with Gasteiger partial charge in [0.25, 0.3) is 0 Å². The van der Waals surface area contributed by atoms with Gasteiger partial charge in [0.1, 0.15) is 5.75 Å². The Labute approximate surface area is 98.9 Å². The van der Waals surface area contributed by atoms with Crippen molar-refractivity contribution in [1.29, 1.82) is 0 Å². The standard InChI is InChI=1S/C14H23NO/c1-6-14(2,3)12-7-8-13(16)11(9-12)10-15(4)5/h7-9,16H,6,10H2,1-5H3. The SMILES string of the molecule is CCC(C)(C)c1ccc(O)c(CN(C)C)c1. The van der Waals surface area contributed by atoms with Gasteiger partial charge in [-0.1, -0.05) is 32.9 Å². The minimum atomic E-state index is 0.175. The summed E-state index contributed by atoms with van der Waals surface area (Å²) in [5.41, 5.74) is 2.48. The molecule has 1 rings (SSSR count). The first-order valence-corrected chi connectivity index (χ1v) is 5.84. The molecular weight excluding hydrogens is 198 g/mol. The van der Waals surface area contributed by atoms with Crippen LogP contribution in [-0.2, 0) is 12.0 Å². The van der Waals surface area contributed by atoms with E-state index in [0.717, 1.165) is 18.5 Å². The summed E-state index contributed by atoms with van der Waals surface area (Å²) in [7, 11) is 4.02. The number of aromatic hydroxyl groups is 1. The second kappa shape index (κ2) is 4.88. The van der Waals surface area contributed by atoms with Gasteiger partial charge >= 0.3 is 0 Å². The molecule has 0 radical (unpaired) electrons. The first kappa shape index (κ1) is 13.0. The predicted octanol–water partition coefficient (Wildman–Crippen LogP) is 3.14. The molecule has 2 nitrogen and oxygen atoms in total. The maximum atomic E-state index is 9.80. The van der Waals surface area contributed by atoms with Gasteiger partial charge in [0.2, 0.25) is 0 Å². The molecule has 16 heavy (non-hydrogen) atoms. The van der Waals surface area contributed by atoms with Gasteiger partial charge in [0.15, 0.2) is 0 Å². The van der Waals surface area contributed by atoms with Gasteiger partial charge in [-0.05, 0) is 37.6 Å². The summed E-state index contributed by atoms with van der Waals surface area (Å²) in [6.45, 7) is 7.44. The van der Waals surface area contributed by atoms with Crippen LogP contribution in [-0.4, -0.2) is 24.1 Å². The normalized spacial score (nSPS) is 12.1. The quantitative estimate of drug-likeness (QED) is 0.844. The highest BCUT2D eigenvalue weighted by Gasteiger charge is 2.19. The Kier molecular flexibility index (Phi) is 3.98. The Bertz CT molecular complexity index is 356. The Hall–Kier alpha value is -1.02. The van der Waals surface area contributed by atoms with Crippen LogP contribution in [0.5, 0.6) is 5.75 Å². The highest BCUT2D eigenvalue weighted by Crippen LogP contribution is 2.30. The maximum absolute atomic E-state index is 9.80. The Morgan fingerprint density at radius 2 is 1.88 bits per heavy atom. The number of benzene rings is 1. The van der Waals surface area contributed by atoms with E-state index in [1.807, 2.05) is 26.2 Å². The van der Waals surface area contributed by atoms with E-state index in [0.29, 0.717) is 5.75 Å². The summed E-state index contributed by atoms with van der Waals surface area (Å²) in [5, 5.41) is 9.80. The highest BCUT2D eigenvalue weighted by molar-refractivity contribution is 5.38. The molecule has 0 amide bonds. The van der Waals surface area contributed by atoms with Crippen molar-refractivity contribution in [3.63, 3.8) is 0 Å². The molecule has 0 aliphatic heterocycles. The Balaban J connectivity index is 3.07. The predicted molar refractivity (Wildman–Crippen MR) is 68.8 cm³/mol. The van der Waals surface area contributed by atoms with E-state index >= 15 is 0 Å². The molecule has 90 valence electrons. The van der Waals surface area contributed by atoms with Gasteiger partial charge in [-0.2, -0.15) is 0 Å². The van der Waals surface area contributed by atoms with Gasteiger partial charge < -0.3 is 10.0 Å². The van der Waals surface area contributed by atoms with E-state index in [1.165, 1.54) is 5.56 Å². The summed E-state index contributed by atoms with van der Waals surface area (Å²) < 4.78 is 0. The Morgan fingerprint density at radius 1 is 1.25 bits per heavy atom. The molecule has 0 aliphatic carbocycles. The van der Waals surface area contributed by atoms with Gasteiger partial charge in [0, 0.05) is 12.1 Å². The van der Waals surface area contributed by atoms with Crippen LogP contribution >= 0.6 is 0 Å². The fourth-order valence-electron chi connectivity index (χ4n) is 1.68. The van der Waals surface area contributed by atoms with E-state index in [1.54, 1.807) is 0 Å². The van der Waals surface area contributed by atoms with Crippen molar-refractivity contribution in [2.75, 3.05) is 14.1 Å². The summed E-state index contributed by atoms with van der Waals surface area (Å²) in [4.78, 5) is 2.07. The first-order chi connectivity index (χ1) is 7.36. The highest BCUT2D eigenvalue weighted by atomic mass is 16.3. The molecule has 2 heteroatoms. The number of hydrogen-bond acceptors (Lipinski definition) is 2. The largest absolute Gasteiger partial charge is 0.508 e. The second-order valence-corrected chi connectivity index (χ2v) is 5.32. The molecule has 0 saturated heterocycles. The zero-order valence-corrected chi connectivity index (χ0v) is 11.0. The van der Waals surface area contributed by atoms with E-state index in [2.05, 4.69) is 31.7 Å². The van der Waals surface area contributed by atoms with Crippen molar-refractivity contribution in [1.82, 2.24) is 4.90 Å². The summed E-state index contributed by atoms with van der Waals surface area (Å²) in [6.07, 6.45) is 1.10. The van der Waals surface area contributed by atoms with Crippen LogP contribution in [0, 0.1) is 0 Å². The number of phenols is 1. The molecule has 0 spiro atoms. The van der Waals surface area contributed by atoms with E-state index in [-0.39, 0.29) is 5.41 Å². The molecule has 0 unspecified atom stereocenters. The third-order valence-corrected chi connectivity index (χ3v) is 3.23. The zero-order chi connectivity index (χ0) is 12.3. The molecule has 0 aromatic heterocycles. The topological polar surface area (TPSA) is 23.5 Å². The third kappa shape index (κ3) is 2.99. The van der Waals surface area contributed by atoms with Crippen LogP contribution in [0.2, 0.25) is 0 Å². The summed E-state index contributed by atoms with van der Waals surface area (Å²) in [5.74, 6) is 0.393. The van der Waals surface area contributed by atoms with Crippen LogP contribution in [0.3, 0.4) is 0 Å². The van der Waals surface area contributed by atoms with Crippen molar-refractivity contribution in [2.45, 2.75) is 39.2 Å². The second-order valence-electron chi connectivity index (χ2n) is 5.32. The molecule has 1 N–H and O–H groups in total. The minimum Gasteiger partial charge on any atom is -0.508 e. The van der Waals surface area contributed by atoms with E-state index < -0.39 is 0 Å². The average Bonchev–Trinajstić information content (AvgIpc) is 2.20. The third-order valence-electron chi connectivity index (χ3n) is 3.23. The van der Waals surface area contributed by atoms with Crippen molar-refractivity contribution in [3.8, 4) is 5.75 Å². The van der Waals surface area contributed by atoms with Crippen molar-refractivity contribution >= 4 is 0 Å². The first-order valence-electron chi connectivity index (χ1n) is 5.84. The molecule has 0 bridgehead atoms. The van der Waals surface area contributed by atoms with Crippen LogP contribution < -0.4 is 0 Å². The lowest BCUT2D eigenvalue weighted by Crippen LogP contribution is -2.17. The van der Waals surface area contributed by atoms with Gasteiger partial charge in [0.05, 0.1) is 0 Å². The number of nitrogens with zero attached hydrogens (tertiary/aromatic N) is 1. The van der Waals surface area contributed by atoms with Gasteiger partial charge in [-0.25, -0.2) is 0 Å². The zero-order valence-electron chi connectivity index (χ0n) is 11.0. The molecule has 0 heterocycles. The van der Waals surface area contributed by atoms with E-state index in [4.69, 9.17) is 0 Å². The van der Waals surface area contributed by atoms with Crippen LogP contribution in [0.1, 0.15) is 38.3 Å². The average molecular weight is 221 g/mol. The van der Waals surface area contributed by atoms with Crippen LogP contribution in [0.25, 0.3) is 0 Å². The molecule has 0 aliphatic rings. The molecule has 0 atom stereocenters. The van der Waals surface area contributed by atoms with Crippen molar-refractivity contribution in [3.05, 3.63) is 29.3 Å². The van der Waals surface area contributed by atoms with Crippen molar-refractivity contribution in [2.24, 2.45) is 0 Å². The lowest BCUT2D eigenvalue weighted by molar-refractivity contribution is 0.384. The minimum absolute atomic E-state index is 0.175. The summed E-state index contributed by atoms with van der Waals surface area (Å²) >= 11 is 0. The lowest BCUT2D eigenvalue weighted by Gasteiger charge is -2.24. The maximum Gasteiger partial charge on any atom is 0.120 e.